The predicted octanol–water partition coefficient (Wildman–Crippen LogP) is 2.43. The molecule has 2 heterocycles. The molecule has 5 nitrogen and oxygen atoms in total. The van der Waals surface area contributed by atoms with Crippen LogP contribution in [0, 0.1) is 0 Å². The summed E-state index contributed by atoms with van der Waals surface area (Å²) in [6.07, 6.45) is -0.00717. The molecule has 0 radical (unpaired) electrons. The van der Waals surface area contributed by atoms with E-state index in [9.17, 15) is 9.59 Å². The Bertz CT molecular complexity index is 652. The Balaban J connectivity index is 1.35. The van der Waals surface area contributed by atoms with Crippen molar-refractivity contribution in [2.75, 3.05) is 13.1 Å². The number of ether oxygens (including phenoxy) is 1. The van der Waals surface area contributed by atoms with Crippen LogP contribution in [-0.4, -0.2) is 36.0 Å². The minimum Gasteiger partial charge on any atom is -0.445 e. The van der Waals surface area contributed by atoms with Gasteiger partial charge in [-0.3, -0.25) is 4.79 Å². The fraction of sp³-hybridized carbons (Fsp3) is 0.294. The van der Waals surface area contributed by atoms with E-state index in [1.165, 1.54) is 0 Å². The van der Waals surface area contributed by atoms with Gasteiger partial charge in [0, 0.05) is 18.0 Å². The van der Waals surface area contributed by atoms with E-state index < -0.39 is 6.09 Å². The summed E-state index contributed by atoms with van der Waals surface area (Å²) in [5, 5.41) is 4.74. The average molecular weight is 330 g/mol. The van der Waals surface area contributed by atoms with Crippen LogP contribution in [0.4, 0.5) is 4.79 Å². The Kier molecular flexibility index (Phi) is 4.92. The number of carbonyl (C=O) groups is 2. The second-order valence-electron chi connectivity index (χ2n) is 5.46. The molecule has 0 unspecified atom stereocenters. The van der Waals surface area contributed by atoms with Gasteiger partial charge < -0.3 is 15.0 Å². The lowest BCUT2D eigenvalue weighted by molar-refractivity contribution is -0.135. The maximum atomic E-state index is 12.0. The minimum atomic E-state index is -0.441. The molecule has 1 N–H and O–H groups in total. The molecule has 1 aromatic heterocycles. The molecule has 0 atom stereocenters. The monoisotopic (exact) mass is 330 g/mol. The highest BCUT2D eigenvalue weighted by atomic mass is 32.1. The molecule has 1 aromatic carbocycles. The number of alkyl carbamates (subject to hydrolysis) is 1. The van der Waals surface area contributed by atoms with Crippen LogP contribution in [0.1, 0.15) is 10.4 Å². The maximum Gasteiger partial charge on any atom is 0.407 e. The van der Waals surface area contributed by atoms with Crippen molar-refractivity contribution in [1.29, 1.82) is 0 Å². The van der Waals surface area contributed by atoms with Crippen molar-refractivity contribution in [1.82, 2.24) is 10.2 Å². The molecular formula is C17H18N2O3S. The van der Waals surface area contributed by atoms with E-state index in [0.29, 0.717) is 19.5 Å². The number of likely N-dealkylation sites (tertiary alicyclic amines) is 1. The number of nitrogens with zero attached hydrogens (tertiary/aromatic N) is 1. The first-order valence-electron chi connectivity index (χ1n) is 7.48. The molecule has 2 aromatic rings. The van der Waals surface area contributed by atoms with Gasteiger partial charge in [0.05, 0.1) is 12.5 Å². The Labute approximate surface area is 138 Å². The molecule has 6 heteroatoms. The van der Waals surface area contributed by atoms with Crippen LogP contribution >= 0.6 is 11.3 Å². The van der Waals surface area contributed by atoms with Crippen LogP contribution in [0.25, 0.3) is 0 Å². The molecular weight excluding hydrogens is 312 g/mol. The number of thiophene rings is 1. The molecule has 0 bridgehead atoms. The van der Waals surface area contributed by atoms with Gasteiger partial charge in [0.15, 0.2) is 0 Å². The summed E-state index contributed by atoms with van der Waals surface area (Å²) < 4.78 is 5.16. The number of carbonyl (C=O) groups excluding carboxylic acids is 2. The standard InChI is InChI=1S/C17H18N2O3S/c20-16(9-15-7-4-8-23-15)19-10-14(11-19)18-17(21)22-12-13-5-2-1-3-6-13/h1-8,14H,9-12H2,(H,18,21). The van der Waals surface area contributed by atoms with E-state index in [-0.39, 0.29) is 18.6 Å². The molecule has 23 heavy (non-hydrogen) atoms. The summed E-state index contributed by atoms with van der Waals surface area (Å²) in [5.74, 6) is 0.100. The van der Waals surface area contributed by atoms with Crippen LogP contribution < -0.4 is 5.32 Å². The molecule has 120 valence electrons. The Morgan fingerprint density at radius 3 is 2.65 bits per heavy atom. The van der Waals surface area contributed by atoms with Crippen molar-refractivity contribution in [3.05, 3.63) is 58.3 Å². The van der Waals surface area contributed by atoms with E-state index in [1.54, 1.807) is 16.2 Å². The van der Waals surface area contributed by atoms with Crippen LogP contribution in [0.3, 0.4) is 0 Å². The van der Waals surface area contributed by atoms with E-state index in [4.69, 9.17) is 4.74 Å². The third-order valence-corrected chi connectivity index (χ3v) is 4.55. The number of rotatable bonds is 5. The number of hydrogen-bond donors (Lipinski definition) is 1. The first-order valence-corrected chi connectivity index (χ1v) is 8.36. The SMILES string of the molecule is O=C(NC1CN(C(=O)Cc2cccs2)C1)OCc1ccccc1. The number of hydrogen-bond acceptors (Lipinski definition) is 4. The molecule has 1 fully saturated rings. The molecule has 3 rings (SSSR count). The molecule has 0 spiro atoms. The zero-order chi connectivity index (χ0) is 16.1. The first-order chi connectivity index (χ1) is 11.2. The van der Waals surface area contributed by atoms with E-state index >= 15 is 0 Å². The van der Waals surface area contributed by atoms with Crippen molar-refractivity contribution >= 4 is 23.3 Å². The molecule has 1 aliphatic rings. The predicted molar refractivity (Wildman–Crippen MR) is 88.2 cm³/mol. The first kappa shape index (κ1) is 15.6. The van der Waals surface area contributed by atoms with Crippen LogP contribution in [0.2, 0.25) is 0 Å². The molecule has 1 aliphatic heterocycles. The molecule has 2 amide bonds. The molecule has 0 saturated carbocycles. The van der Waals surface area contributed by atoms with Crippen LogP contribution in [-0.2, 0) is 22.6 Å². The van der Waals surface area contributed by atoms with Crippen LogP contribution in [0.15, 0.2) is 47.8 Å². The van der Waals surface area contributed by atoms with Gasteiger partial charge in [-0.15, -0.1) is 11.3 Å². The Morgan fingerprint density at radius 1 is 1.17 bits per heavy atom. The number of amides is 2. The summed E-state index contributed by atoms with van der Waals surface area (Å²) in [6, 6.07) is 13.4. The summed E-state index contributed by atoms with van der Waals surface area (Å²) in [7, 11) is 0. The van der Waals surface area contributed by atoms with Crippen molar-refractivity contribution < 1.29 is 14.3 Å². The third kappa shape index (κ3) is 4.32. The van der Waals surface area contributed by atoms with Crippen LogP contribution in [0.5, 0.6) is 0 Å². The summed E-state index contributed by atoms with van der Waals surface area (Å²) >= 11 is 1.58. The van der Waals surface area contributed by atoms with Crippen molar-refractivity contribution in [2.45, 2.75) is 19.1 Å². The lowest BCUT2D eigenvalue weighted by atomic mass is 10.1. The lowest BCUT2D eigenvalue weighted by Crippen LogP contribution is -2.61. The van der Waals surface area contributed by atoms with Crippen molar-refractivity contribution in [2.24, 2.45) is 0 Å². The highest BCUT2D eigenvalue weighted by Crippen LogP contribution is 2.14. The van der Waals surface area contributed by atoms with Gasteiger partial charge in [0.25, 0.3) is 0 Å². The zero-order valence-electron chi connectivity index (χ0n) is 12.6. The number of nitrogens with one attached hydrogen (secondary N) is 1. The highest BCUT2D eigenvalue weighted by molar-refractivity contribution is 7.10. The summed E-state index contributed by atoms with van der Waals surface area (Å²) in [4.78, 5) is 26.6. The fourth-order valence-corrected chi connectivity index (χ4v) is 3.07. The quantitative estimate of drug-likeness (QED) is 0.916. The van der Waals surface area contributed by atoms with Gasteiger partial charge in [-0.05, 0) is 17.0 Å². The second-order valence-corrected chi connectivity index (χ2v) is 6.49. The number of benzene rings is 1. The lowest BCUT2D eigenvalue weighted by Gasteiger charge is -2.39. The molecule has 0 aliphatic carbocycles. The third-order valence-electron chi connectivity index (χ3n) is 3.67. The molecule has 1 saturated heterocycles. The second kappa shape index (κ2) is 7.28. The highest BCUT2D eigenvalue weighted by Gasteiger charge is 2.31. The van der Waals surface area contributed by atoms with Gasteiger partial charge in [-0.1, -0.05) is 36.4 Å². The van der Waals surface area contributed by atoms with Gasteiger partial charge in [0.2, 0.25) is 5.91 Å². The Hall–Kier alpha value is -2.34. The van der Waals surface area contributed by atoms with Gasteiger partial charge in [0.1, 0.15) is 6.61 Å². The average Bonchev–Trinajstić information content (AvgIpc) is 3.02. The minimum absolute atomic E-state index is 0.0226. The van der Waals surface area contributed by atoms with Crippen molar-refractivity contribution in [3.8, 4) is 0 Å². The summed E-state index contributed by atoms with van der Waals surface area (Å²) in [5.41, 5.74) is 0.948. The Morgan fingerprint density at radius 2 is 1.96 bits per heavy atom. The van der Waals surface area contributed by atoms with E-state index in [2.05, 4.69) is 5.32 Å². The topological polar surface area (TPSA) is 58.6 Å². The largest absolute Gasteiger partial charge is 0.445 e. The van der Waals surface area contributed by atoms with Gasteiger partial charge in [-0.2, -0.15) is 0 Å². The fourth-order valence-electron chi connectivity index (χ4n) is 2.38. The maximum absolute atomic E-state index is 12.0. The van der Waals surface area contributed by atoms with E-state index in [1.807, 2.05) is 47.8 Å². The van der Waals surface area contributed by atoms with Gasteiger partial charge >= 0.3 is 6.09 Å². The normalized spacial score (nSPS) is 14.2. The van der Waals surface area contributed by atoms with E-state index in [0.717, 1.165) is 10.4 Å². The zero-order valence-corrected chi connectivity index (χ0v) is 13.4. The van der Waals surface area contributed by atoms with Crippen molar-refractivity contribution in [3.63, 3.8) is 0 Å². The summed E-state index contributed by atoms with van der Waals surface area (Å²) in [6.45, 7) is 1.34. The smallest absolute Gasteiger partial charge is 0.407 e. The van der Waals surface area contributed by atoms with Gasteiger partial charge in [-0.25, -0.2) is 4.79 Å².